The van der Waals surface area contributed by atoms with Crippen LogP contribution in [-0.2, 0) is 33.5 Å². The minimum absolute atomic E-state index is 0. The molecule has 0 unspecified atom stereocenters. The Kier molecular flexibility index (Phi) is 26.1. The molecule has 9 heteroatoms. The molecule has 260 valence electrons. The molecule has 9 nitrogen and oxygen atoms in total. The van der Waals surface area contributed by atoms with Gasteiger partial charge in [0, 0.05) is 25.7 Å². The van der Waals surface area contributed by atoms with Crippen molar-refractivity contribution in [2.24, 2.45) is 0 Å². The zero-order valence-corrected chi connectivity index (χ0v) is 27.7. The zero-order valence-electron chi connectivity index (χ0n) is 27.7. The van der Waals surface area contributed by atoms with Gasteiger partial charge in [-0.3, -0.25) is 24.0 Å². The number of carbonyl (C=O) groups excluding carboxylic acids is 6. The van der Waals surface area contributed by atoms with Gasteiger partial charge in [-0.05, 0) is 25.7 Å². The molecule has 2 fully saturated rings. The summed E-state index contributed by atoms with van der Waals surface area (Å²) in [4.78, 5) is 69.4. The van der Waals surface area contributed by atoms with Crippen molar-refractivity contribution in [3.63, 3.8) is 0 Å². The fraction of sp³-hybridized carbons (Fsp3) is 0.833. The van der Waals surface area contributed by atoms with Crippen molar-refractivity contribution in [1.29, 1.82) is 0 Å². The highest BCUT2D eigenvalue weighted by Crippen LogP contribution is 2.15. The van der Waals surface area contributed by atoms with E-state index in [-0.39, 0.29) is 55.5 Å². The largest absolute Gasteiger partial charge is 0.464 e. The van der Waals surface area contributed by atoms with Crippen LogP contribution in [0, 0.1) is 0 Å². The lowest BCUT2D eigenvalue weighted by molar-refractivity contribution is -0.142. The van der Waals surface area contributed by atoms with E-state index in [1.165, 1.54) is 70.6 Å². The van der Waals surface area contributed by atoms with E-state index in [9.17, 15) is 28.8 Å². The van der Waals surface area contributed by atoms with Crippen LogP contribution in [0.2, 0.25) is 0 Å². The Bertz CT molecular complexity index is 873. The normalized spacial score (nSPS) is 17.1. The molecular formula is C36H64N2O7. The maximum atomic E-state index is 11.8. The summed E-state index contributed by atoms with van der Waals surface area (Å²) >= 11 is 0. The molecule has 1 heterocycles. The van der Waals surface area contributed by atoms with Gasteiger partial charge in [0.2, 0.25) is 11.8 Å². The number of cyclic esters (lactones) is 1. The van der Waals surface area contributed by atoms with E-state index in [0.29, 0.717) is 32.3 Å². The molecule has 1 saturated carbocycles. The summed E-state index contributed by atoms with van der Waals surface area (Å²) in [7, 11) is 0. The Morgan fingerprint density at radius 3 is 1.42 bits per heavy atom. The minimum Gasteiger partial charge on any atom is -0.464 e. The van der Waals surface area contributed by atoms with E-state index >= 15 is 0 Å². The van der Waals surface area contributed by atoms with Gasteiger partial charge in [-0.2, -0.15) is 0 Å². The van der Waals surface area contributed by atoms with Crippen molar-refractivity contribution < 1.29 is 33.5 Å². The van der Waals surface area contributed by atoms with Gasteiger partial charge in [0.1, 0.15) is 17.6 Å². The van der Waals surface area contributed by atoms with Crippen LogP contribution < -0.4 is 10.6 Å². The molecule has 2 aliphatic rings. The molecule has 1 saturated heterocycles. The van der Waals surface area contributed by atoms with Crippen molar-refractivity contribution in [3.05, 3.63) is 0 Å². The van der Waals surface area contributed by atoms with Crippen LogP contribution >= 0.6 is 0 Å². The smallest absolute Gasteiger partial charge is 0.328 e. The van der Waals surface area contributed by atoms with E-state index in [2.05, 4.69) is 24.5 Å². The van der Waals surface area contributed by atoms with Crippen molar-refractivity contribution >= 4 is 35.1 Å². The third-order valence-corrected chi connectivity index (χ3v) is 8.24. The summed E-state index contributed by atoms with van der Waals surface area (Å²) in [6.07, 6.45) is 22.4. The van der Waals surface area contributed by atoms with Crippen LogP contribution in [0.4, 0.5) is 0 Å². The van der Waals surface area contributed by atoms with Gasteiger partial charge in [0.05, 0.1) is 25.5 Å². The van der Waals surface area contributed by atoms with E-state index in [1.807, 2.05) is 0 Å². The van der Waals surface area contributed by atoms with Crippen LogP contribution in [-0.4, -0.2) is 53.8 Å². The number of carbonyl (C=O) groups is 6. The molecule has 0 spiro atoms. The van der Waals surface area contributed by atoms with Gasteiger partial charge >= 0.3 is 5.97 Å². The number of hydrogen-bond acceptors (Lipinski definition) is 7. The molecule has 2 N–H and O–H groups in total. The average molecular weight is 637 g/mol. The first-order valence-electron chi connectivity index (χ1n) is 17.6. The third kappa shape index (κ3) is 22.6. The Morgan fingerprint density at radius 2 is 1.04 bits per heavy atom. The first-order valence-corrected chi connectivity index (χ1v) is 17.6. The molecule has 45 heavy (non-hydrogen) atoms. The molecule has 1 aliphatic carbocycles. The standard InChI is InChI=1S/C19H33NO3.C16H27NO4.CH4/c1-2-3-4-5-6-7-8-9-10-12-16(21)15-19(23)20-17-13-11-14-18(17)22;1-2-3-4-5-6-7-8-9-13(18)12-15(19)17-14-10-11-21-16(14)20;/h17H,2-15H2,1H3,(H,20,23);14H,2-12H2,1H3,(H,17,19);1H4/t17-;14-;/m00./s1. The van der Waals surface area contributed by atoms with E-state index in [1.54, 1.807) is 0 Å². The number of rotatable bonds is 24. The predicted octanol–water partition coefficient (Wildman–Crippen LogP) is 7.26. The van der Waals surface area contributed by atoms with Crippen LogP contribution in [0.5, 0.6) is 0 Å². The third-order valence-electron chi connectivity index (χ3n) is 8.24. The molecular weight excluding hydrogens is 572 g/mol. The molecule has 2 atom stereocenters. The topological polar surface area (TPSA) is 136 Å². The second kappa shape index (κ2) is 27.7. The van der Waals surface area contributed by atoms with Crippen molar-refractivity contribution in [2.45, 2.75) is 187 Å². The number of unbranched alkanes of at least 4 members (excludes halogenated alkanes) is 14. The summed E-state index contributed by atoms with van der Waals surface area (Å²) in [5.74, 6) is -1.01. The summed E-state index contributed by atoms with van der Waals surface area (Å²) < 4.78 is 4.75. The molecule has 1 aliphatic heterocycles. The molecule has 0 radical (unpaired) electrons. The quantitative estimate of drug-likeness (QED) is 0.0647. The number of ketones is 3. The highest BCUT2D eigenvalue weighted by Gasteiger charge is 2.28. The first-order chi connectivity index (χ1) is 21.3. The maximum absolute atomic E-state index is 11.8. The molecule has 2 rings (SSSR count). The number of esters is 1. The van der Waals surface area contributed by atoms with E-state index < -0.39 is 12.0 Å². The highest BCUT2D eigenvalue weighted by atomic mass is 16.5. The Hall–Kier alpha value is -2.58. The second-order valence-corrected chi connectivity index (χ2v) is 12.4. The molecule has 0 aromatic heterocycles. The van der Waals surface area contributed by atoms with Crippen LogP contribution in [0.15, 0.2) is 0 Å². The summed E-state index contributed by atoms with van der Waals surface area (Å²) in [6.45, 7) is 4.76. The van der Waals surface area contributed by atoms with E-state index in [4.69, 9.17) is 4.74 Å². The molecule has 0 aromatic carbocycles. The van der Waals surface area contributed by atoms with Crippen LogP contribution in [0.1, 0.15) is 175 Å². The fourth-order valence-electron chi connectivity index (χ4n) is 5.53. The van der Waals surface area contributed by atoms with E-state index in [0.717, 1.165) is 44.9 Å². The average Bonchev–Trinajstić information content (AvgIpc) is 3.58. The Balaban J connectivity index is 0.000000845. The fourth-order valence-corrected chi connectivity index (χ4v) is 5.53. The van der Waals surface area contributed by atoms with Gasteiger partial charge in [-0.25, -0.2) is 4.79 Å². The Labute approximate surface area is 273 Å². The van der Waals surface area contributed by atoms with Crippen molar-refractivity contribution in [1.82, 2.24) is 10.6 Å². The summed E-state index contributed by atoms with van der Waals surface area (Å²) in [5, 5.41) is 5.24. The molecule has 0 aromatic rings. The van der Waals surface area contributed by atoms with Gasteiger partial charge in [-0.15, -0.1) is 0 Å². The van der Waals surface area contributed by atoms with Crippen LogP contribution in [0.25, 0.3) is 0 Å². The lowest BCUT2D eigenvalue weighted by Gasteiger charge is -2.10. The van der Waals surface area contributed by atoms with Gasteiger partial charge in [0.25, 0.3) is 0 Å². The Morgan fingerprint density at radius 1 is 0.622 bits per heavy atom. The maximum Gasteiger partial charge on any atom is 0.328 e. The van der Waals surface area contributed by atoms with Gasteiger partial charge < -0.3 is 15.4 Å². The van der Waals surface area contributed by atoms with Gasteiger partial charge in [0.15, 0.2) is 5.78 Å². The SMILES string of the molecule is C.CCCCCCCCCC(=O)CC(=O)N[C@H]1CCOC1=O.CCCCCCCCCCCC(=O)CC(=O)N[C@H]1CCCC1=O. The lowest BCUT2D eigenvalue weighted by atomic mass is 10.0. The number of nitrogens with one attached hydrogen (secondary N) is 2. The number of ether oxygens (including phenoxy) is 1. The highest BCUT2D eigenvalue weighted by molar-refractivity contribution is 6.00. The first kappa shape index (κ1) is 42.4. The number of Topliss-reactive ketones (excluding diaryl/α,β-unsaturated/α-hetero) is 3. The predicted molar refractivity (Wildman–Crippen MR) is 179 cm³/mol. The number of amides is 2. The van der Waals surface area contributed by atoms with Crippen molar-refractivity contribution in [2.75, 3.05) is 6.61 Å². The van der Waals surface area contributed by atoms with Crippen molar-refractivity contribution in [3.8, 4) is 0 Å². The van der Waals surface area contributed by atoms with Gasteiger partial charge in [-0.1, -0.05) is 111 Å². The molecule has 0 bridgehead atoms. The molecule has 2 amide bonds. The minimum atomic E-state index is -0.566. The summed E-state index contributed by atoms with van der Waals surface area (Å²) in [6, 6.07) is -0.910. The zero-order chi connectivity index (χ0) is 32.4. The summed E-state index contributed by atoms with van der Waals surface area (Å²) in [5.41, 5.74) is 0. The van der Waals surface area contributed by atoms with Crippen LogP contribution in [0.3, 0.4) is 0 Å². The lowest BCUT2D eigenvalue weighted by Crippen LogP contribution is -2.38. The second-order valence-electron chi connectivity index (χ2n) is 12.4. The monoisotopic (exact) mass is 636 g/mol. The number of hydrogen-bond donors (Lipinski definition) is 2.